The number of hydrogen-bond acceptors (Lipinski definition) is 4. The Morgan fingerprint density at radius 1 is 0.962 bits per heavy atom. The maximum absolute atomic E-state index is 12.3. The number of piperidine rings is 1. The Hall–Kier alpha value is -1.43. The third-order valence-corrected chi connectivity index (χ3v) is 6.33. The van der Waals surface area contributed by atoms with Crippen LogP contribution >= 0.6 is 0 Å². The van der Waals surface area contributed by atoms with Gasteiger partial charge in [0.2, 0.25) is 5.91 Å². The number of likely N-dealkylation sites (tertiary alicyclic amines) is 1. The molecule has 0 N–H and O–H groups in total. The molecule has 3 saturated heterocycles. The van der Waals surface area contributed by atoms with Gasteiger partial charge in [0.15, 0.2) is 0 Å². The Bertz CT molecular complexity index is 593. The minimum absolute atomic E-state index is 0.252. The van der Waals surface area contributed by atoms with Gasteiger partial charge in [-0.25, -0.2) is 0 Å². The molecule has 3 fully saturated rings. The molecule has 5 nitrogen and oxygen atoms in total. The molecule has 3 aliphatic heterocycles. The van der Waals surface area contributed by atoms with E-state index in [4.69, 9.17) is 4.74 Å². The highest BCUT2D eigenvalue weighted by molar-refractivity contribution is 5.77. The van der Waals surface area contributed by atoms with Crippen molar-refractivity contribution in [3.05, 3.63) is 35.9 Å². The topological polar surface area (TPSA) is 36.0 Å². The second kappa shape index (κ2) is 8.07. The first kappa shape index (κ1) is 18.0. The summed E-state index contributed by atoms with van der Waals surface area (Å²) in [6.07, 6.45) is 2.84. The fourth-order valence-corrected chi connectivity index (χ4v) is 4.55. The molecule has 0 aromatic heterocycles. The minimum atomic E-state index is 0.252. The number of nitrogens with zero attached hydrogens (tertiary/aromatic N) is 3. The Balaban J connectivity index is 1.21. The number of benzene rings is 1. The maximum atomic E-state index is 12.3. The van der Waals surface area contributed by atoms with E-state index in [9.17, 15) is 4.79 Å². The van der Waals surface area contributed by atoms with E-state index in [0.717, 1.165) is 78.4 Å². The van der Waals surface area contributed by atoms with Crippen molar-refractivity contribution < 1.29 is 9.53 Å². The Morgan fingerprint density at radius 2 is 1.73 bits per heavy atom. The Morgan fingerprint density at radius 3 is 2.46 bits per heavy atom. The molecule has 26 heavy (non-hydrogen) atoms. The van der Waals surface area contributed by atoms with Gasteiger partial charge in [-0.15, -0.1) is 0 Å². The lowest BCUT2D eigenvalue weighted by atomic mass is 9.79. The van der Waals surface area contributed by atoms with E-state index < -0.39 is 0 Å². The molecule has 1 spiro atoms. The van der Waals surface area contributed by atoms with Crippen molar-refractivity contribution in [3.63, 3.8) is 0 Å². The average Bonchev–Trinajstić information content (AvgIpc) is 3.13. The number of ether oxygens (including phenoxy) is 1. The van der Waals surface area contributed by atoms with Crippen LogP contribution in [0.25, 0.3) is 0 Å². The molecule has 142 valence electrons. The second-order valence-electron chi connectivity index (χ2n) is 8.22. The normalized spacial score (nSPS) is 28.2. The van der Waals surface area contributed by atoms with E-state index in [2.05, 4.69) is 45.0 Å². The predicted octanol–water partition coefficient (Wildman–Crippen LogP) is 1.83. The Labute approximate surface area is 156 Å². The molecule has 3 heterocycles. The summed E-state index contributed by atoms with van der Waals surface area (Å²) in [4.78, 5) is 19.5. The van der Waals surface area contributed by atoms with Crippen molar-refractivity contribution in [1.29, 1.82) is 0 Å². The summed E-state index contributed by atoms with van der Waals surface area (Å²) in [5, 5.41) is 0. The van der Waals surface area contributed by atoms with Gasteiger partial charge in [-0.3, -0.25) is 14.6 Å². The lowest BCUT2D eigenvalue weighted by Crippen LogP contribution is -2.51. The second-order valence-corrected chi connectivity index (χ2v) is 8.22. The molecular weight excluding hydrogens is 326 g/mol. The van der Waals surface area contributed by atoms with E-state index in [1.807, 2.05) is 0 Å². The molecule has 0 radical (unpaired) electrons. The smallest absolute Gasteiger partial charge is 0.222 e. The first-order valence-corrected chi connectivity index (χ1v) is 10.1. The number of amides is 1. The lowest BCUT2D eigenvalue weighted by molar-refractivity contribution is -0.137. The number of piperazine rings is 1. The van der Waals surface area contributed by atoms with Crippen LogP contribution in [0.3, 0.4) is 0 Å². The van der Waals surface area contributed by atoms with Gasteiger partial charge in [0.05, 0.1) is 6.61 Å². The van der Waals surface area contributed by atoms with E-state index in [-0.39, 0.29) is 5.41 Å². The third kappa shape index (κ3) is 4.27. The van der Waals surface area contributed by atoms with Gasteiger partial charge in [-0.1, -0.05) is 30.3 Å². The summed E-state index contributed by atoms with van der Waals surface area (Å²) in [7, 11) is 0. The van der Waals surface area contributed by atoms with Gasteiger partial charge >= 0.3 is 0 Å². The van der Waals surface area contributed by atoms with E-state index in [0.29, 0.717) is 12.3 Å². The van der Waals surface area contributed by atoms with Crippen LogP contribution in [0.1, 0.15) is 24.8 Å². The fraction of sp³-hybridized carbons (Fsp3) is 0.667. The molecular formula is C21H31N3O2. The molecule has 4 rings (SSSR count). The number of carbonyl (C=O) groups is 1. The minimum Gasteiger partial charge on any atom is -0.381 e. The zero-order valence-corrected chi connectivity index (χ0v) is 15.7. The zero-order chi connectivity index (χ0) is 17.8. The molecule has 1 aromatic rings. The predicted molar refractivity (Wildman–Crippen MR) is 102 cm³/mol. The van der Waals surface area contributed by atoms with Crippen LogP contribution < -0.4 is 0 Å². The van der Waals surface area contributed by atoms with Crippen LogP contribution in [0, 0.1) is 5.41 Å². The summed E-state index contributed by atoms with van der Waals surface area (Å²) in [6, 6.07) is 10.7. The van der Waals surface area contributed by atoms with Gasteiger partial charge in [0, 0.05) is 70.8 Å². The molecule has 1 atom stereocenters. The molecule has 0 bridgehead atoms. The molecule has 1 aromatic carbocycles. The Kier molecular flexibility index (Phi) is 5.57. The summed E-state index contributed by atoms with van der Waals surface area (Å²) in [6.45, 7) is 9.95. The largest absolute Gasteiger partial charge is 0.381 e. The van der Waals surface area contributed by atoms with Gasteiger partial charge in [-0.05, 0) is 18.4 Å². The van der Waals surface area contributed by atoms with Crippen molar-refractivity contribution in [2.45, 2.75) is 25.8 Å². The van der Waals surface area contributed by atoms with E-state index in [1.54, 1.807) is 0 Å². The van der Waals surface area contributed by atoms with Crippen LogP contribution in [0.5, 0.6) is 0 Å². The van der Waals surface area contributed by atoms with E-state index in [1.165, 1.54) is 5.56 Å². The highest BCUT2D eigenvalue weighted by atomic mass is 16.5. The number of carbonyl (C=O) groups excluding carboxylic acids is 1. The molecule has 0 unspecified atom stereocenters. The van der Waals surface area contributed by atoms with Crippen LogP contribution in [0.4, 0.5) is 0 Å². The van der Waals surface area contributed by atoms with Crippen LogP contribution in [0.15, 0.2) is 30.3 Å². The van der Waals surface area contributed by atoms with Crippen molar-refractivity contribution in [1.82, 2.24) is 14.7 Å². The molecule has 0 saturated carbocycles. The van der Waals surface area contributed by atoms with E-state index >= 15 is 0 Å². The number of rotatable bonds is 5. The number of hydrogen-bond donors (Lipinski definition) is 0. The SMILES string of the molecule is O=C1CC[C@@]2(CCOC2)CN1CCN1CCN(Cc2ccccc2)CC1. The molecule has 0 aliphatic carbocycles. The van der Waals surface area contributed by atoms with Crippen LogP contribution in [0.2, 0.25) is 0 Å². The van der Waals surface area contributed by atoms with Gasteiger partial charge in [-0.2, -0.15) is 0 Å². The van der Waals surface area contributed by atoms with Crippen molar-refractivity contribution >= 4 is 5.91 Å². The first-order valence-electron chi connectivity index (χ1n) is 10.1. The molecule has 5 heteroatoms. The molecule has 1 amide bonds. The third-order valence-electron chi connectivity index (χ3n) is 6.33. The fourth-order valence-electron chi connectivity index (χ4n) is 4.55. The lowest BCUT2D eigenvalue weighted by Gasteiger charge is -2.41. The average molecular weight is 357 g/mol. The summed E-state index contributed by atoms with van der Waals surface area (Å²) in [5.41, 5.74) is 1.64. The summed E-state index contributed by atoms with van der Waals surface area (Å²) < 4.78 is 5.62. The van der Waals surface area contributed by atoms with Crippen molar-refractivity contribution in [2.24, 2.45) is 5.41 Å². The first-order chi connectivity index (χ1) is 12.7. The van der Waals surface area contributed by atoms with Crippen molar-refractivity contribution in [3.8, 4) is 0 Å². The zero-order valence-electron chi connectivity index (χ0n) is 15.7. The van der Waals surface area contributed by atoms with Gasteiger partial charge in [0.1, 0.15) is 0 Å². The van der Waals surface area contributed by atoms with Gasteiger partial charge < -0.3 is 9.64 Å². The summed E-state index contributed by atoms with van der Waals surface area (Å²) in [5.74, 6) is 0.338. The standard InChI is InChI=1S/C21H31N3O2/c25-20-6-7-21(8-15-26-18-21)17-24(20)14-13-22-9-11-23(12-10-22)16-19-4-2-1-3-5-19/h1-5H,6-18H2/t21-/m1/s1. The van der Waals surface area contributed by atoms with Crippen molar-refractivity contribution in [2.75, 3.05) is 59.0 Å². The highest BCUT2D eigenvalue weighted by Crippen LogP contribution is 2.37. The van der Waals surface area contributed by atoms with Crippen LogP contribution in [-0.4, -0.2) is 79.6 Å². The van der Waals surface area contributed by atoms with Crippen LogP contribution in [-0.2, 0) is 16.1 Å². The van der Waals surface area contributed by atoms with Gasteiger partial charge in [0.25, 0.3) is 0 Å². The highest BCUT2D eigenvalue weighted by Gasteiger charge is 2.41. The summed E-state index contributed by atoms with van der Waals surface area (Å²) >= 11 is 0. The molecule has 3 aliphatic rings. The monoisotopic (exact) mass is 357 g/mol. The quantitative estimate of drug-likeness (QED) is 0.806. The maximum Gasteiger partial charge on any atom is 0.222 e.